The Kier molecular flexibility index (Phi) is 8.44. The predicted molar refractivity (Wildman–Crippen MR) is 160 cm³/mol. The number of aromatic nitrogens is 2. The molecule has 0 spiro atoms. The Bertz CT molecular complexity index is 1850. The third-order valence-corrected chi connectivity index (χ3v) is 7.04. The van der Waals surface area contributed by atoms with Gasteiger partial charge in [-0.3, -0.25) is 4.79 Å². The molecule has 214 valence electrons. The first-order chi connectivity index (χ1) is 20.1. The average molecular weight is 636 g/mol. The Morgan fingerprint density at radius 2 is 1.71 bits per heavy atom. The van der Waals surface area contributed by atoms with E-state index in [0.29, 0.717) is 40.3 Å². The zero-order valence-corrected chi connectivity index (χ0v) is 24.2. The number of para-hydroxylation sites is 1. The molecule has 0 aliphatic rings. The number of halogens is 4. The smallest absolute Gasteiger partial charge is 0.416 e. The minimum Gasteiger partial charge on any atom is -0.490 e. The van der Waals surface area contributed by atoms with E-state index in [9.17, 15) is 18.0 Å². The monoisotopic (exact) mass is 635 g/mol. The van der Waals surface area contributed by atoms with E-state index in [0.717, 1.165) is 27.9 Å². The van der Waals surface area contributed by atoms with Crippen LogP contribution in [0, 0.1) is 6.92 Å². The van der Waals surface area contributed by atoms with Gasteiger partial charge >= 0.3 is 6.18 Å². The summed E-state index contributed by atoms with van der Waals surface area (Å²) in [6.45, 7) is 4.57. The van der Waals surface area contributed by atoms with Gasteiger partial charge < -0.3 is 9.47 Å². The van der Waals surface area contributed by atoms with Crippen LogP contribution in [0.25, 0.3) is 22.3 Å². The van der Waals surface area contributed by atoms with Gasteiger partial charge in [-0.05, 0) is 71.7 Å². The lowest BCUT2D eigenvalue weighted by Gasteiger charge is -2.14. The summed E-state index contributed by atoms with van der Waals surface area (Å²) in [6.07, 6.45) is -3.14. The van der Waals surface area contributed by atoms with Crippen LogP contribution in [0.2, 0.25) is 0 Å². The summed E-state index contributed by atoms with van der Waals surface area (Å²) in [6, 6.07) is 22.7. The van der Waals surface area contributed by atoms with E-state index in [2.05, 4.69) is 26.0 Å². The number of aryl methyl sites for hydroxylation is 1. The zero-order valence-electron chi connectivity index (χ0n) is 22.7. The van der Waals surface area contributed by atoms with Crippen molar-refractivity contribution in [3.63, 3.8) is 0 Å². The Balaban J connectivity index is 1.56. The van der Waals surface area contributed by atoms with E-state index >= 15 is 0 Å². The van der Waals surface area contributed by atoms with Gasteiger partial charge in [0.15, 0.2) is 17.3 Å². The maximum atomic E-state index is 13.5. The molecular weight excluding hydrogens is 611 g/mol. The molecule has 0 aliphatic carbocycles. The molecule has 5 rings (SSSR count). The Labute approximate surface area is 248 Å². The van der Waals surface area contributed by atoms with Crippen molar-refractivity contribution < 1.29 is 22.6 Å². The summed E-state index contributed by atoms with van der Waals surface area (Å²) >= 11 is 3.54. The molecule has 0 N–H and O–H groups in total. The van der Waals surface area contributed by atoms with E-state index in [-0.39, 0.29) is 16.8 Å². The molecule has 0 unspecified atom stereocenters. The summed E-state index contributed by atoms with van der Waals surface area (Å²) in [5.74, 6) is 0.953. The van der Waals surface area contributed by atoms with Gasteiger partial charge in [-0.15, -0.1) is 0 Å². The molecule has 5 aromatic rings. The third kappa shape index (κ3) is 6.38. The minimum absolute atomic E-state index is 0.0275. The topological polar surface area (TPSA) is 65.7 Å². The SMILES string of the molecule is CCOc1cc(C=Nn2c(-c3cccc(C(F)(F)F)c3)nc3ccccc3c2=O)c(Br)cc1OCc1cccc(C)c1. The molecular formula is C32H25BrF3N3O3. The molecule has 0 fully saturated rings. The van der Waals surface area contributed by atoms with Crippen LogP contribution in [0.15, 0.2) is 99.3 Å². The zero-order chi connectivity index (χ0) is 29.9. The number of nitrogens with zero attached hydrogens (tertiary/aromatic N) is 3. The second-order valence-electron chi connectivity index (χ2n) is 9.42. The summed E-state index contributed by atoms with van der Waals surface area (Å²) < 4.78 is 54.0. The predicted octanol–water partition coefficient (Wildman–Crippen LogP) is 8.01. The number of ether oxygens (including phenoxy) is 2. The van der Waals surface area contributed by atoms with E-state index in [1.165, 1.54) is 18.3 Å². The average Bonchev–Trinajstić information content (AvgIpc) is 2.97. The molecule has 4 aromatic carbocycles. The van der Waals surface area contributed by atoms with Gasteiger partial charge in [-0.1, -0.05) is 54.1 Å². The van der Waals surface area contributed by atoms with Gasteiger partial charge in [-0.2, -0.15) is 22.9 Å². The van der Waals surface area contributed by atoms with Crippen molar-refractivity contribution >= 4 is 33.0 Å². The lowest BCUT2D eigenvalue weighted by molar-refractivity contribution is -0.137. The van der Waals surface area contributed by atoms with Gasteiger partial charge in [0.25, 0.3) is 5.56 Å². The Morgan fingerprint density at radius 3 is 2.48 bits per heavy atom. The fraction of sp³-hybridized carbons (Fsp3) is 0.156. The lowest BCUT2D eigenvalue weighted by Crippen LogP contribution is -2.20. The number of rotatable bonds is 8. The minimum atomic E-state index is -4.56. The normalized spacial score (nSPS) is 11.8. The first-order valence-electron chi connectivity index (χ1n) is 13.0. The molecule has 0 saturated heterocycles. The molecule has 0 saturated carbocycles. The molecule has 0 aliphatic heterocycles. The molecule has 6 nitrogen and oxygen atoms in total. The lowest BCUT2D eigenvalue weighted by atomic mass is 10.1. The summed E-state index contributed by atoms with van der Waals surface area (Å²) in [4.78, 5) is 18.0. The van der Waals surface area contributed by atoms with Gasteiger partial charge in [0, 0.05) is 15.6 Å². The Hall–Kier alpha value is -4.44. The number of alkyl halides is 3. The van der Waals surface area contributed by atoms with Gasteiger partial charge in [0.1, 0.15) is 6.61 Å². The van der Waals surface area contributed by atoms with Crippen LogP contribution in [-0.4, -0.2) is 22.5 Å². The second-order valence-corrected chi connectivity index (χ2v) is 10.3. The summed E-state index contributed by atoms with van der Waals surface area (Å²) in [5.41, 5.74) is 1.74. The van der Waals surface area contributed by atoms with Crippen molar-refractivity contribution in [3.05, 3.63) is 122 Å². The van der Waals surface area contributed by atoms with Crippen molar-refractivity contribution in [2.45, 2.75) is 26.6 Å². The maximum absolute atomic E-state index is 13.5. The van der Waals surface area contributed by atoms with E-state index in [1.807, 2.05) is 38.1 Å². The largest absolute Gasteiger partial charge is 0.490 e. The fourth-order valence-electron chi connectivity index (χ4n) is 4.37. The van der Waals surface area contributed by atoms with Crippen LogP contribution in [-0.2, 0) is 12.8 Å². The highest BCUT2D eigenvalue weighted by Crippen LogP contribution is 2.35. The molecule has 1 aromatic heterocycles. The van der Waals surface area contributed by atoms with Crippen molar-refractivity contribution in [3.8, 4) is 22.9 Å². The number of benzene rings is 4. The molecule has 0 amide bonds. The van der Waals surface area contributed by atoms with E-state index < -0.39 is 17.3 Å². The summed E-state index contributed by atoms with van der Waals surface area (Å²) in [7, 11) is 0. The van der Waals surface area contributed by atoms with E-state index in [4.69, 9.17) is 9.47 Å². The third-order valence-electron chi connectivity index (χ3n) is 6.35. The van der Waals surface area contributed by atoms with Crippen LogP contribution >= 0.6 is 15.9 Å². The maximum Gasteiger partial charge on any atom is 0.416 e. The van der Waals surface area contributed by atoms with Gasteiger partial charge in [-0.25, -0.2) is 4.98 Å². The number of hydrogen-bond acceptors (Lipinski definition) is 5. The fourth-order valence-corrected chi connectivity index (χ4v) is 4.79. The molecule has 0 atom stereocenters. The summed E-state index contributed by atoms with van der Waals surface area (Å²) in [5, 5.41) is 4.68. The van der Waals surface area contributed by atoms with Crippen molar-refractivity contribution in [2.75, 3.05) is 6.61 Å². The van der Waals surface area contributed by atoms with Crippen LogP contribution in [0.3, 0.4) is 0 Å². The Morgan fingerprint density at radius 1 is 0.952 bits per heavy atom. The highest BCUT2D eigenvalue weighted by Gasteiger charge is 2.31. The van der Waals surface area contributed by atoms with Crippen molar-refractivity contribution in [1.29, 1.82) is 0 Å². The van der Waals surface area contributed by atoms with E-state index in [1.54, 1.807) is 36.4 Å². The second kappa shape index (κ2) is 12.2. The van der Waals surface area contributed by atoms with Crippen LogP contribution in [0.5, 0.6) is 11.5 Å². The molecule has 1 heterocycles. The van der Waals surface area contributed by atoms with Gasteiger partial charge in [0.2, 0.25) is 0 Å². The number of fused-ring (bicyclic) bond motifs is 1. The highest BCUT2D eigenvalue weighted by atomic mass is 79.9. The molecule has 10 heteroatoms. The molecule has 0 radical (unpaired) electrons. The van der Waals surface area contributed by atoms with Crippen LogP contribution in [0.4, 0.5) is 13.2 Å². The number of hydrogen-bond donors (Lipinski definition) is 0. The first-order valence-corrected chi connectivity index (χ1v) is 13.8. The first kappa shape index (κ1) is 29.1. The van der Waals surface area contributed by atoms with Crippen molar-refractivity contribution in [1.82, 2.24) is 9.66 Å². The molecule has 0 bridgehead atoms. The van der Waals surface area contributed by atoms with Crippen molar-refractivity contribution in [2.24, 2.45) is 5.10 Å². The molecule has 42 heavy (non-hydrogen) atoms. The highest BCUT2D eigenvalue weighted by molar-refractivity contribution is 9.10. The quantitative estimate of drug-likeness (QED) is 0.162. The van der Waals surface area contributed by atoms with Crippen LogP contribution < -0.4 is 15.0 Å². The standard InChI is InChI=1S/C32H25BrF3N3O3/c1-3-41-28-16-23(26(33)17-29(28)42-19-21-9-6-8-20(2)14-21)18-37-39-30(22-10-7-11-24(15-22)32(34,35)36)38-27-13-5-4-12-25(27)31(39)40/h4-18H,3,19H2,1-2H3. The van der Waals surface area contributed by atoms with Crippen LogP contribution in [0.1, 0.15) is 29.2 Å². The van der Waals surface area contributed by atoms with Gasteiger partial charge in [0.05, 0.1) is 29.3 Å².